The van der Waals surface area contributed by atoms with Crippen LogP contribution in [-0.2, 0) is 15.9 Å². The molecule has 0 fully saturated rings. The molecule has 2 aromatic carbocycles. The molecule has 0 saturated carbocycles. The van der Waals surface area contributed by atoms with Crippen LogP contribution in [0.4, 0.5) is 0 Å². The summed E-state index contributed by atoms with van der Waals surface area (Å²) in [6.45, 7) is 0. The molecule has 1 N–H and O–H groups in total. The van der Waals surface area contributed by atoms with E-state index in [4.69, 9.17) is 19.3 Å². The number of methoxy groups -OCH3 is 1. The van der Waals surface area contributed by atoms with Crippen LogP contribution in [0.25, 0.3) is 4.91 Å². The van der Waals surface area contributed by atoms with Crippen LogP contribution in [0.2, 0.25) is 0 Å². The van der Waals surface area contributed by atoms with Crippen LogP contribution in [0.1, 0.15) is 15.9 Å². The monoisotopic (exact) mass is 389 g/mol. The Bertz CT molecular complexity index is 966. The number of para-hydroxylation sites is 1. The number of benzene rings is 2. The van der Waals surface area contributed by atoms with Crippen molar-refractivity contribution in [3.63, 3.8) is 0 Å². The molecule has 0 amide bonds. The van der Waals surface area contributed by atoms with E-state index in [1.165, 1.54) is 25.3 Å². The van der Waals surface area contributed by atoms with Gasteiger partial charge in [-0.15, -0.1) is 0 Å². The van der Waals surface area contributed by atoms with Crippen LogP contribution in [0.5, 0.6) is 17.2 Å². The summed E-state index contributed by atoms with van der Waals surface area (Å²) in [6, 6.07) is 10.2. The first kappa shape index (κ1) is 18.6. The largest absolute Gasteiger partial charge is 0.768 e. The molecule has 0 saturated heterocycles. The Morgan fingerprint density at radius 3 is 2.63 bits per heavy atom. The van der Waals surface area contributed by atoms with Gasteiger partial charge in [-0.1, -0.05) is 18.2 Å². The molecule has 9 heteroatoms. The molecule has 2 aromatic rings. The minimum atomic E-state index is -2.57. The van der Waals surface area contributed by atoms with Crippen molar-refractivity contribution < 1.29 is 37.7 Å². The first-order chi connectivity index (χ1) is 12.9. The maximum atomic E-state index is 12.4. The zero-order chi connectivity index (χ0) is 19.6. The van der Waals surface area contributed by atoms with E-state index in [0.29, 0.717) is 5.56 Å². The Morgan fingerprint density at radius 2 is 1.96 bits per heavy atom. The highest BCUT2D eigenvalue weighted by Gasteiger charge is 2.28. The predicted octanol–water partition coefficient (Wildman–Crippen LogP) is 1.98. The van der Waals surface area contributed by atoms with Crippen molar-refractivity contribution in [3.05, 3.63) is 59.7 Å². The highest BCUT2D eigenvalue weighted by atomic mass is 32.2. The highest BCUT2D eigenvalue weighted by Crippen LogP contribution is 2.34. The Labute approximate surface area is 156 Å². The lowest BCUT2D eigenvalue weighted by Gasteiger charge is -2.25. The molecule has 140 valence electrons. The average Bonchev–Trinajstić information content (AvgIpc) is 2.66. The van der Waals surface area contributed by atoms with E-state index in [-0.39, 0.29) is 27.7 Å². The van der Waals surface area contributed by atoms with Crippen molar-refractivity contribution in [3.8, 4) is 17.2 Å². The van der Waals surface area contributed by atoms with Crippen LogP contribution < -0.4 is 14.2 Å². The van der Waals surface area contributed by atoms with Crippen molar-refractivity contribution in [1.82, 2.24) is 0 Å². The van der Waals surface area contributed by atoms with Crippen molar-refractivity contribution in [2.24, 2.45) is 0 Å². The lowest BCUT2D eigenvalue weighted by molar-refractivity contribution is -0.140. The molecule has 2 atom stereocenters. The fourth-order valence-electron chi connectivity index (χ4n) is 2.52. The molecule has 3 rings (SSSR count). The van der Waals surface area contributed by atoms with Gasteiger partial charge in [-0.3, -0.25) is 4.21 Å². The topological polar surface area (TPSA) is 122 Å². The quantitative estimate of drug-likeness (QED) is 0.468. The molecule has 27 heavy (non-hydrogen) atoms. The lowest BCUT2D eigenvalue weighted by atomic mass is 10.1. The van der Waals surface area contributed by atoms with E-state index in [9.17, 15) is 18.4 Å². The molecule has 1 aliphatic heterocycles. The third kappa shape index (κ3) is 3.83. The number of carbonyl (C=O) groups excluding carboxylic acids is 1. The number of aromatic carboxylic acids is 1. The van der Waals surface area contributed by atoms with Gasteiger partial charge in [-0.2, -0.15) is 0 Å². The van der Waals surface area contributed by atoms with Gasteiger partial charge in [0.25, 0.3) is 0 Å². The molecule has 0 aliphatic carbocycles. The van der Waals surface area contributed by atoms with Gasteiger partial charge in [0.2, 0.25) is 6.10 Å². The fourth-order valence-corrected chi connectivity index (χ4v) is 3.10. The molecule has 1 aliphatic rings. The van der Waals surface area contributed by atoms with Crippen LogP contribution in [0, 0.1) is 0 Å². The second-order valence-corrected chi connectivity index (χ2v) is 6.30. The fraction of sp³-hybridized carbons (Fsp3) is 0.111. The number of fused-ring (bicyclic) bond motifs is 1. The van der Waals surface area contributed by atoms with Crippen LogP contribution in [0.15, 0.2) is 48.5 Å². The summed E-state index contributed by atoms with van der Waals surface area (Å²) in [5.41, 5.74) is 0.256. The summed E-state index contributed by atoms with van der Waals surface area (Å²) >= 11 is -2.57. The van der Waals surface area contributed by atoms with E-state index in [0.717, 1.165) is 6.08 Å². The van der Waals surface area contributed by atoms with E-state index in [2.05, 4.69) is 0 Å². The van der Waals surface area contributed by atoms with Crippen molar-refractivity contribution in [2.75, 3.05) is 7.11 Å². The van der Waals surface area contributed by atoms with E-state index in [1.807, 2.05) is 0 Å². The summed E-state index contributed by atoms with van der Waals surface area (Å²) in [5, 5.41) is 9.07. The smallest absolute Gasteiger partial charge is 0.356 e. The highest BCUT2D eigenvalue weighted by molar-refractivity contribution is 7.89. The van der Waals surface area contributed by atoms with Crippen molar-refractivity contribution >= 4 is 27.9 Å². The van der Waals surface area contributed by atoms with Gasteiger partial charge >= 0.3 is 11.9 Å². The van der Waals surface area contributed by atoms with Gasteiger partial charge in [0.05, 0.1) is 7.11 Å². The van der Waals surface area contributed by atoms with Gasteiger partial charge in [0.1, 0.15) is 22.8 Å². The maximum absolute atomic E-state index is 12.4. The average molecular weight is 389 g/mol. The Kier molecular flexibility index (Phi) is 5.24. The minimum absolute atomic E-state index is 0.0135. The molecular weight excluding hydrogens is 376 g/mol. The predicted molar refractivity (Wildman–Crippen MR) is 93.3 cm³/mol. The molecule has 0 aromatic heterocycles. The zero-order valence-electron chi connectivity index (χ0n) is 13.9. The minimum Gasteiger partial charge on any atom is -0.768 e. The van der Waals surface area contributed by atoms with Gasteiger partial charge in [0.15, 0.2) is 0 Å². The molecule has 8 nitrogen and oxygen atoms in total. The number of ether oxygens (including phenoxy) is 3. The van der Waals surface area contributed by atoms with Gasteiger partial charge in [0, 0.05) is 16.5 Å². The number of hydrogen-bond acceptors (Lipinski definition) is 7. The number of carboxylic acid groups (broad SMARTS) is 1. The normalized spacial score (nSPS) is 16.4. The molecule has 1 heterocycles. The number of hydrogen-bond donors (Lipinski definition) is 1. The Hall–Kier alpha value is -3.17. The second-order valence-electron chi connectivity index (χ2n) is 5.39. The first-order valence-corrected chi connectivity index (χ1v) is 8.68. The van der Waals surface area contributed by atoms with Crippen LogP contribution >= 0.6 is 0 Å². The molecule has 2 unspecified atom stereocenters. The number of carboxylic acids is 1. The van der Waals surface area contributed by atoms with Crippen molar-refractivity contribution in [1.29, 1.82) is 0 Å². The molecule has 0 spiro atoms. The summed E-state index contributed by atoms with van der Waals surface area (Å²) in [4.78, 5) is 23.4. The van der Waals surface area contributed by atoms with Crippen LogP contribution in [-0.4, -0.2) is 39.0 Å². The Balaban J connectivity index is 1.86. The summed E-state index contributed by atoms with van der Waals surface area (Å²) in [6.07, 6.45) is -0.130. The van der Waals surface area contributed by atoms with Gasteiger partial charge in [-0.05, 0) is 35.4 Å². The van der Waals surface area contributed by atoms with Crippen molar-refractivity contribution in [2.45, 2.75) is 6.10 Å². The first-order valence-electron chi connectivity index (χ1n) is 7.61. The third-order valence-electron chi connectivity index (χ3n) is 3.74. The van der Waals surface area contributed by atoms with Gasteiger partial charge < -0.3 is 23.9 Å². The van der Waals surface area contributed by atoms with Crippen LogP contribution in [0.3, 0.4) is 0 Å². The summed E-state index contributed by atoms with van der Waals surface area (Å²) < 4.78 is 38.6. The zero-order valence-corrected chi connectivity index (χ0v) is 14.7. The number of rotatable bonds is 5. The van der Waals surface area contributed by atoms with E-state index < -0.39 is 29.1 Å². The summed E-state index contributed by atoms with van der Waals surface area (Å²) in [5.74, 6) is -1.78. The maximum Gasteiger partial charge on any atom is 0.356 e. The number of carbonyl (C=O) groups is 2. The molecular formula is C18H13O8S-. The number of esters is 1. The van der Waals surface area contributed by atoms with E-state index in [1.54, 1.807) is 24.3 Å². The molecule has 0 bridgehead atoms. The third-order valence-corrected chi connectivity index (χ3v) is 4.46. The standard InChI is InChI=1S/C18H14O8S/c1-24-14-8-10(6-7-12(14)17(19)20)25-18(21)15-9-16(27(22)23)11-4-2-3-5-13(11)26-15/h2-9,15H,1H3,(H,19,20)(H,22,23)/p-1. The lowest BCUT2D eigenvalue weighted by Crippen LogP contribution is -2.32. The Morgan fingerprint density at radius 1 is 1.22 bits per heavy atom. The van der Waals surface area contributed by atoms with E-state index >= 15 is 0 Å². The SMILES string of the molecule is COc1cc(OC(=O)C2C=C(S(=O)[O-])c3ccccc3O2)ccc1C(=O)O. The molecule has 0 radical (unpaired) electrons. The van der Waals surface area contributed by atoms with Gasteiger partial charge in [-0.25, -0.2) is 9.59 Å². The summed E-state index contributed by atoms with van der Waals surface area (Å²) in [7, 11) is 1.28. The second kappa shape index (κ2) is 7.60.